The van der Waals surface area contributed by atoms with Crippen molar-refractivity contribution in [3.63, 3.8) is 0 Å². The van der Waals surface area contributed by atoms with Crippen LogP contribution in [-0.2, 0) is 6.42 Å². The van der Waals surface area contributed by atoms with Gasteiger partial charge in [-0.3, -0.25) is 10.3 Å². The summed E-state index contributed by atoms with van der Waals surface area (Å²) in [5.74, 6) is 1.34. The SMILES string of the molecule is CCC(C)C1Nc2c(CCCN=C(N)N)nc(C3CNc4ccccc43)c[n+]2C1=O. The van der Waals surface area contributed by atoms with Gasteiger partial charge in [-0.15, -0.1) is 0 Å². The van der Waals surface area contributed by atoms with Gasteiger partial charge in [0, 0.05) is 30.6 Å². The highest BCUT2D eigenvalue weighted by atomic mass is 16.2. The van der Waals surface area contributed by atoms with Crippen molar-refractivity contribution in [2.24, 2.45) is 22.4 Å². The largest absolute Gasteiger partial charge is 0.384 e. The third-order valence-electron chi connectivity index (χ3n) is 6.10. The molecule has 30 heavy (non-hydrogen) atoms. The van der Waals surface area contributed by atoms with E-state index in [1.807, 2.05) is 18.3 Å². The number of aromatic nitrogens is 2. The van der Waals surface area contributed by atoms with Gasteiger partial charge in [-0.2, -0.15) is 4.57 Å². The Morgan fingerprint density at radius 3 is 2.93 bits per heavy atom. The zero-order valence-corrected chi connectivity index (χ0v) is 17.6. The minimum absolute atomic E-state index is 0.0905. The molecule has 158 valence electrons. The van der Waals surface area contributed by atoms with Gasteiger partial charge in [-0.25, -0.2) is 9.78 Å². The Morgan fingerprint density at radius 1 is 1.37 bits per heavy atom. The number of para-hydroxylation sites is 1. The van der Waals surface area contributed by atoms with Crippen LogP contribution in [0, 0.1) is 5.92 Å². The van der Waals surface area contributed by atoms with Gasteiger partial charge in [0.1, 0.15) is 11.9 Å². The Bertz CT molecular complexity index is 983. The number of benzene rings is 1. The van der Waals surface area contributed by atoms with Gasteiger partial charge in [-0.05, 0) is 30.9 Å². The first-order valence-electron chi connectivity index (χ1n) is 10.6. The fraction of sp³-hybridized carbons (Fsp3) is 0.455. The average molecular weight is 409 g/mol. The van der Waals surface area contributed by atoms with Crippen LogP contribution in [0.5, 0.6) is 0 Å². The molecule has 0 amide bonds. The van der Waals surface area contributed by atoms with Crippen molar-refractivity contribution in [1.82, 2.24) is 4.98 Å². The number of carbonyl (C=O) groups excluding carboxylic acids is 1. The lowest BCUT2D eigenvalue weighted by Gasteiger charge is -2.12. The van der Waals surface area contributed by atoms with E-state index in [0.29, 0.717) is 13.0 Å². The fourth-order valence-corrected chi connectivity index (χ4v) is 4.22. The van der Waals surface area contributed by atoms with Crippen LogP contribution in [0.2, 0.25) is 0 Å². The number of fused-ring (bicyclic) bond motifs is 2. The van der Waals surface area contributed by atoms with Gasteiger partial charge in [0.25, 0.3) is 0 Å². The van der Waals surface area contributed by atoms with Crippen LogP contribution in [-0.4, -0.2) is 36.0 Å². The van der Waals surface area contributed by atoms with E-state index in [1.54, 1.807) is 4.57 Å². The van der Waals surface area contributed by atoms with Crippen LogP contribution < -0.4 is 26.7 Å². The van der Waals surface area contributed by atoms with Crippen molar-refractivity contribution >= 4 is 23.4 Å². The molecule has 0 saturated heterocycles. The predicted octanol–water partition coefficient (Wildman–Crippen LogP) is 1.61. The normalized spacial score (nSPS) is 20.1. The maximum Gasteiger partial charge on any atom is 0.359 e. The van der Waals surface area contributed by atoms with Crippen LogP contribution in [0.15, 0.2) is 35.5 Å². The van der Waals surface area contributed by atoms with E-state index in [2.05, 4.69) is 41.6 Å². The maximum atomic E-state index is 13.2. The molecule has 2 aliphatic heterocycles. The lowest BCUT2D eigenvalue weighted by Crippen LogP contribution is -2.45. The molecule has 4 rings (SSSR count). The number of aliphatic imine (C=N–C) groups is 1. The van der Waals surface area contributed by atoms with Gasteiger partial charge < -0.3 is 16.8 Å². The first kappa shape index (κ1) is 20.1. The first-order chi connectivity index (χ1) is 14.5. The summed E-state index contributed by atoms with van der Waals surface area (Å²) in [6.07, 6.45) is 4.29. The van der Waals surface area contributed by atoms with Crippen LogP contribution in [0.1, 0.15) is 54.4 Å². The fourth-order valence-electron chi connectivity index (χ4n) is 4.22. The number of hydrogen-bond donors (Lipinski definition) is 4. The van der Waals surface area contributed by atoms with E-state index in [4.69, 9.17) is 16.5 Å². The average Bonchev–Trinajstić information content (AvgIpc) is 3.32. The molecular weight excluding hydrogens is 378 g/mol. The highest BCUT2D eigenvalue weighted by Gasteiger charge is 2.44. The first-order valence-corrected chi connectivity index (χ1v) is 10.6. The van der Waals surface area contributed by atoms with Crippen molar-refractivity contribution < 1.29 is 9.36 Å². The van der Waals surface area contributed by atoms with Gasteiger partial charge >= 0.3 is 11.7 Å². The summed E-state index contributed by atoms with van der Waals surface area (Å²) < 4.78 is 1.77. The molecule has 3 unspecified atom stereocenters. The lowest BCUT2D eigenvalue weighted by atomic mass is 9.98. The molecule has 1 aromatic carbocycles. The Labute approximate surface area is 176 Å². The summed E-state index contributed by atoms with van der Waals surface area (Å²) in [6, 6.07) is 8.05. The number of guanidine groups is 1. The molecule has 8 nitrogen and oxygen atoms in total. The zero-order chi connectivity index (χ0) is 21.3. The number of rotatable bonds is 7. The predicted molar refractivity (Wildman–Crippen MR) is 118 cm³/mol. The summed E-state index contributed by atoms with van der Waals surface area (Å²) in [5.41, 5.74) is 15.0. The van der Waals surface area contributed by atoms with Crippen LogP contribution >= 0.6 is 0 Å². The maximum absolute atomic E-state index is 13.2. The Kier molecular flexibility index (Phi) is 5.57. The second-order valence-electron chi connectivity index (χ2n) is 8.11. The van der Waals surface area contributed by atoms with Crippen molar-refractivity contribution in [2.75, 3.05) is 23.7 Å². The summed E-state index contributed by atoms with van der Waals surface area (Å²) in [6.45, 7) is 5.51. The van der Waals surface area contributed by atoms with E-state index >= 15 is 0 Å². The third-order valence-corrected chi connectivity index (χ3v) is 6.10. The molecule has 0 fully saturated rings. The van der Waals surface area contributed by atoms with E-state index in [0.717, 1.165) is 42.3 Å². The second kappa shape index (κ2) is 8.30. The summed E-state index contributed by atoms with van der Waals surface area (Å²) in [4.78, 5) is 22.3. The van der Waals surface area contributed by atoms with E-state index < -0.39 is 0 Å². The quantitative estimate of drug-likeness (QED) is 0.239. The third kappa shape index (κ3) is 3.69. The Balaban J connectivity index is 1.70. The number of hydrogen-bond acceptors (Lipinski definition) is 5. The molecule has 2 aliphatic rings. The molecule has 3 heterocycles. The standard InChI is InChI=1S/C22H29N7O/c1-3-13(2)19-21(30)29-12-18(15-11-26-16-8-5-4-7-14(15)16)27-17(20(29)28-19)9-6-10-25-22(23)24/h4-5,7-8,12-13,15,19,26H,3,6,9-11H2,1-2H3,(H4,23,24,25)/p+1. The molecule has 1 aromatic heterocycles. The minimum atomic E-state index is -0.225. The summed E-state index contributed by atoms with van der Waals surface area (Å²) in [5, 5.41) is 6.89. The van der Waals surface area contributed by atoms with Crippen molar-refractivity contribution in [2.45, 2.75) is 45.1 Å². The number of nitrogens with two attached hydrogens (primary N) is 2. The number of anilines is 2. The minimum Gasteiger partial charge on any atom is -0.384 e. The van der Waals surface area contributed by atoms with Crippen molar-refractivity contribution in [3.8, 4) is 0 Å². The van der Waals surface area contributed by atoms with Gasteiger partial charge in [-0.1, -0.05) is 32.0 Å². The monoisotopic (exact) mass is 408 g/mol. The topological polar surface area (TPSA) is 122 Å². The number of nitrogens with one attached hydrogen (secondary N) is 2. The van der Waals surface area contributed by atoms with Gasteiger partial charge in [0.15, 0.2) is 12.0 Å². The van der Waals surface area contributed by atoms with Crippen LogP contribution in [0.3, 0.4) is 0 Å². The van der Waals surface area contributed by atoms with Crippen LogP contribution in [0.25, 0.3) is 0 Å². The number of carbonyl (C=O) groups is 1. The molecule has 3 atom stereocenters. The molecule has 0 saturated carbocycles. The molecule has 0 radical (unpaired) electrons. The van der Waals surface area contributed by atoms with E-state index in [-0.39, 0.29) is 29.7 Å². The smallest absolute Gasteiger partial charge is 0.359 e. The van der Waals surface area contributed by atoms with E-state index in [1.165, 1.54) is 5.56 Å². The molecule has 8 heteroatoms. The Morgan fingerprint density at radius 2 is 2.17 bits per heavy atom. The lowest BCUT2D eigenvalue weighted by molar-refractivity contribution is -0.554. The molecule has 0 bridgehead atoms. The molecule has 2 aromatic rings. The van der Waals surface area contributed by atoms with Crippen molar-refractivity contribution in [1.29, 1.82) is 0 Å². The van der Waals surface area contributed by atoms with Gasteiger partial charge in [0.2, 0.25) is 0 Å². The summed E-state index contributed by atoms with van der Waals surface area (Å²) in [7, 11) is 0. The zero-order valence-electron chi connectivity index (χ0n) is 17.6. The highest BCUT2D eigenvalue weighted by Crippen LogP contribution is 2.35. The van der Waals surface area contributed by atoms with Crippen LogP contribution in [0.4, 0.5) is 11.5 Å². The van der Waals surface area contributed by atoms with Gasteiger partial charge in [0.05, 0.1) is 5.69 Å². The van der Waals surface area contributed by atoms with Crippen molar-refractivity contribution in [3.05, 3.63) is 47.4 Å². The summed E-state index contributed by atoms with van der Waals surface area (Å²) >= 11 is 0. The molecular formula is C22H30N7O+. The van der Waals surface area contributed by atoms with E-state index in [9.17, 15) is 4.79 Å². The highest BCUT2D eigenvalue weighted by molar-refractivity contribution is 5.82. The molecule has 6 N–H and O–H groups in total. The molecule has 0 spiro atoms. The second-order valence-corrected chi connectivity index (χ2v) is 8.11. The molecule has 0 aliphatic carbocycles. The number of nitrogens with zero attached hydrogens (tertiary/aromatic N) is 3. The Hall–Kier alpha value is -3.16. The number of aryl methyl sites for hydroxylation is 1.